The number of nitrogens with one attached hydrogen (secondary N) is 1. The second-order valence-corrected chi connectivity index (χ2v) is 6.43. The maximum Gasteiger partial charge on any atom is 0.169 e. The summed E-state index contributed by atoms with van der Waals surface area (Å²) in [5.74, 6) is 0.803. The number of fused-ring (bicyclic) bond motifs is 1. The largest absolute Gasteiger partial charge is 0.508 e. The number of hydrogen-bond donors (Lipinski definition) is 2. The van der Waals surface area contributed by atoms with Gasteiger partial charge in [0, 0.05) is 0 Å². The first-order valence-corrected chi connectivity index (χ1v) is 9.40. The monoisotopic (exact) mass is 376 g/mol. The molecule has 7 nitrogen and oxygen atoms in total. The van der Waals surface area contributed by atoms with Gasteiger partial charge in [0.2, 0.25) is 0 Å². The van der Waals surface area contributed by atoms with Crippen molar-refractivity contribution in [2.45, 2.75) is 5.03 Å². The molecule has 0 saturated heterocycles. The summed E-state index contributed by atoms with van der Waals surface area (Å²) in [5, 5.41) is 19.9. The van der Waals surface area contributed by atoms with E-state index < -0.39 is 0 Å². The van der Waals surface area contributed by atoms with Crippen molar-refractivity contribution in [2.75, 3.05) is 11.7 Å². The van der Waals surface area contributed by atoms with E-state index in [-0.39, 0.29) is 5.75 Å². The zero-order valence-corrected chi connectivity index (χ0v) is 15.3. The van der Waals surface area contributed by atoms with Gasteiger partial charge in [0.15, 0.2) is 11.5 Å². The molecule has 0 aliphatic heterocycles. The molecule has 2 N–H and O–H groups in total. The number of anilines is 1. The molecule has 0 aliphatic carbocycles. The molecule has 8 heteroatoms. The predicted molar refractivity (Wildman–Crippen MR) is 108 cm³/mol. The molecular weight excluding hydrogens is 360 g/mol. The number of para-hydroxylation sites is 1. The van der Waals surface area contributed by atoms with Crippen LogP contribution in [0.4, 0.5) is 5.82 Å². The maximum atomic E-state index is 9.34. The van der Waals surface area contributed by atoms with Crippen LogP contribution in [0.5, 0.6) is 5.75 Å². The first kappa shape index (κ1) is 17.0. The van der Waals surface area contributed by atoms with Gasteiger partial charge in [-0.05, 0) is 48.2 Å². The van der Waals surface area contributed by atoms with Crippen molar-refractivity contribution in [1.82, 2.24) is 19.7 Å². The summed E-state index contributed by atoms with van der Waals surface area (Å²) >= 11 is 1.53. The summed E-state index contributed by atoms with van der Waals surface area (Å²) in [5.41, 5.74) is 5.48. The highest BCUT2D eigenvalue weighted by molar-refractivity contribution is 7.98. The molecule has 27 heavy (non-hydrogen) atoms. The highest BCUT2D eigenvalue weighted by atomic mass is 32.2. The van der Waals surface area contributed by atoms with Crippen LogP contribution in [0, 0.1) is 0 Å². The fraction of sp³-hybridized carbons (Fsp3) is 0.0526. The van der Waals surface area contributed by atoms with E-state index in [2.05, 4.69) is 25.6 Å². The van der Waals surface area contributed by atoms with E-state index in [0.29, 0.717) is 11.5 Å². The Kier molecular flexibility index (Phi) is 4.71. The molecule has 2 aromatic heterocycles. The molecule has 0 unspecified atom stereocenters. The van der Waals surface area contributed by atoms with Gasteiger partial charge in [-0.1, -0.05) is 18.2 Å². The van der Waals surface area contributed by atoms with E-state index in [0.717, 1.165) is 21.7 Å². The van der Waals surface area contributed by atoms with Crippen molar-refractivity contribution >= 4 is 34.8 Å². The molecule has 0 radical (unpaired) electrons. The van der Waals surface area contributed by atoms with Gasteiger partial charge in [0.05, 0.1) is 17.3 Å². The van der Waals surface area contributed by atoms with Crippen LogP contribution < -0.4 is 5.43 Å². The molecular formula is C19H16N6OS. The second kappa shape index (κ2) is 7.46. The van der Waals surface area contributed by atoms with Crippen molar-refractivity contribution in [3.05, 3.63) is 66.5 Å². The third kappa shape index (κ3) is 3.47. The van der Waals surface area contributed by atoms with Crippen LogP contribution in [-0.4, -0.2) is 37.3 Å². The lowest BCUT2D eigenvalue weighted by Gasteiger charge is -2.03. The van der Waals surface area contributed by atoms with Crippen LogP contribution in [0.15, 0.2) is 71.1 Å². The average molecular weight is 376 g/mol. The molecule has 2 heterocycles. The van der Waals surface area contributed by atoms with E-state index in [1.807, 2.05) is 36.6 Å². The Hall–Kier alpha value is -3.39. The summed E-state index contributed by atoms with van der Waals surface area (Å²) in [6, 6.07) is 16.6. The third-order valence-corrected chi connectivity index (χ3v) is 4.58. The summed E-state index contributed by atoms with van der Waals surface area (Å²) in [4.78, 5) is 8.74. The lowest BCUT2D eigenvalue weighted by Crippen LogP contribution is -1.99. The Morgan fingerprint density at radius 3 is 2.59 bits per heavy atom. The smallest absolute Gasteiger partial charge is 0.169 e. The molecule has 4 rings (SSSR count). The highest BCUT2D eigenvalue weighted by Crippen LogP contribution is 2.31. The Balaban J connectivity index is 1.71. The van der Waals surface area contributed by atoms with Crippen LogP contribution in [-0.2, 0) is 0 Å². The SMILES string of the molecule is CSc1nn(-c2ccccc2)c2ncnc(N/N=C/c3ccc(O)cc3)c12. The number of phenols is 1. The number of hydrogen-bond acceptors (Lipinski definition) is 7. The molecule has 134 valence electrons. The van der Waals surface area contributed by atoms with Crippen molar-refractivity contribution in [3.8, 4) is 11.4 Å². The molecule has 0 saturated carbocycles. The normalized spacial score (nSPS) is 11.3. The van der Waals surface area contributed by atoms with Crippen LogP contribution in [0.1, 0.15) is 5.56 Å². The highest BCUT2D eigenvalue weighted by Gasteiger charge is 2.17. The number of aromatic nitrogens is 4. The van der Waals surface area contributed by atoms with Gasteiger partial charge in [-0.25, -0.2) is 14.6 Å². The molecule has 0 aliphatic rings. The number of rotatable bonds is 5. The van der Waals surface area contributed by atoms with Gasteiger partial charge in [0.1, 0.15) is 17.1 Å². The van der Waals surface area contributed by atoms with Crippen molar-refractivity contribution in [1.29, 1.82) is 0 Å². The minimum atomic E-state index is 0.218. The Morgan fingerprint density at radius 1 is 1.07 bits per heavy atom. The predicted octanol–water partition coefficient (Wildman–Crippen LogP) is 3.69. The van der Waals surface area contributed by atoms with E-state index >= 15 is 0 Å². The van der Waals surface area contributed by atoms with Gasteiger partial charge in [0.25, 0.3) is 0 Å². The number of hydrazone groups is 1. The molecule has 0 spiro atoms. The first-order chi connectivity index (χ1) is 13.3. The first-order valence-electron chi connectivity index (χ1n) is 8.17. The number of thioether (sulfide) groups is 1. The molecule has 0 atom stereocenters. The third-order valence-electron chi connectivity index (χ3n) is 3.90. The van der Waals surface area contributed by atoms with Crippen molar-refractivity contribution < 1.29 is 5.11 Å². The quantitative estimate of drug-likeness (QED) is 0.314. The average Bonchev–Trinajstić information content (AvgIpc) is 3.10. The summed E-state index contributed by atoms with van der Waals surface area (Å²) in [6.07, 6.45) is 5.12. The standard InChI is InChI=1S/C19H16N6OS/c1-27-19-16-17(23-22-11-13-7-9-15(26)10-8-13)20-12-21-18(16)25(24-19)14-5-3-2-4-6-14/h2-12,26H,1H3,(H,20,21,23)/b22-11+. The lowest BCUT2D eigenvalue weighted by atomic mass is 10.2. The molecule has 4 aromatic rings. The van der Waals surface area contributed by atoms with Crippen molar-refractivity contribution in [2.24, 2.45) is 5.10 Å². The Morgan fingerprint density at radius 2 is 1.85 bits per heavy atom. The summed E-state index contributed by atoms with van der Waals surface area (Å²) < 4.78 is 1.80. The number of aromatic hydroxyl groups is 1. The van der Waals surface area contributed by atoms with E-state index in [1.54, 1.807) is 35.2 Å². The maximum absolute atomic E-state index is 9.34. The van der Waals surface area contributed by atoms with Gasteiger partial charge in [-0.15, -0.1) is 11.8 Å². The van der Waals surface area contributed by atoms with Crippen LogP contribution in [0.25, 0.3) is 16.7 Å². The van der Waals surface area contributed by atoms with E-state index in [1.165, 1.54) is 18.1 Å². The van der Waals surface area contributed by atoms with Crippen LogP contribution >= 0.6 is 11.8 Å². The minimum Gasteiger partial charge on any atom is -0.508 e. The number of nitrogens with zero attached hydrogens (tertiary/aromatic N) is 5. The van der Waals surface area contributed by atoms with Crippen LogP contribution in [0.3, 0.4) is 0 Å². The summed E-state index contributed by atoms with van der Waals surface area (Å²) in [7, 11) is 0. The zero-order valence-electron chi connectivity index (χ0n) is 14.4. The fourth-order valence-electron chi connectivity index (χ4n) is 2.63. The topological polar surface area (TPSA) is 88.2 Å². The van der Waals surface area contributed by atoms with E-state index in [4.69, 9.17) is 0 Å². The molecule has 0 amide bonds. The second-order valence-electron chi connectivity index (χ2n) is 5.64. The molecule has 0 bridgehead atoms. The molecule has 2 aromatic carbocycles. The minimum absolute atomic E-state index is 0.218. The summed E-state index contributed by atoms with van der Waals surface area (Å²) in [6.45, 7) is 0. The zero-order chi connectivity index (χ0) is 18.6. The van der Waals surface area contributed by atoms with Crippen molar-refractivity contribution in [3.63, 3.8) is 0 Å². The van der Waals surface area contributed by atoms with Gasteiger partial charge in [-0.3, -0.25) is 5.43 Å². The number of phenolic OH excluding ortho intramolecular Hbond substituents is 1. The lowest BCUT2D eigenvalue weighted by molar-refractivity contribution is 0.475. The Labute approximate surface area is 159 Å². The number of benzene rings is 2. The van der Waals surface area contributed by atoms with E-state index in [9.17, 15) is 5.11 Å². The Bertz CT molecular complexity index is 1090. The van der Waals surface area contributed by atoms with Gasteiger partial charge < -0.3 is 5.11 Å². The van der Waals surface area contributed by atoms with Gasteiger partial charge >= 0.3 is 0 Å². The van der Waals surface area contributed by atoms with Gasteiger partial charge in [-0.2, -0.15) is 10.2 Å². The molecule has 0 fully saturated rings. The fourth-order valence-corrected chi connectivity index (χ4v) is 3.18. The van der Waals surface area contributed by atoms with Crippen LogP contribution in [0.2, 0.25) is 0 Å².